The maximum Gasteiger partial charge on any atom is 0.315 e. The van der Waals surface area contributed by atoms with Gasteiger partial charge in [0, 0.05) is 50.6 Å². The van der Waals surface area contributed by atoms with Crippen LogP contribution < -0.4 is 22.1 Å². The number of rotatable bonds is 5. The lowest BCUT2D eigenvalue weighted by molar-refractivity contribution is -0.303. The first-order chi connectivity index (χ1) is 32.6. The number of aliphatic hydroxyl groups excluding tert-OH is 9. The van der Waals surface area contributed by atoms with Crippen molar-refractivity contribution in [2.24, 2.45) is 23.3 Å². The second-order valence-electron chi connectivity index (χ2n) is 18.4. The van der Waals surface area contributed by atoms with Crippen molar-refractivity contribution < 1.29 is 79.6 Å². The topological polar surface area (TPSA) is 349 Å². The lowest BCUT2D eigenvalue weighted by atomic mass is 9.87. The summed E-state index contributed by atoms with van der Waals surface area (Å²) in [5, 5.41) is 115. The lowest BCUT2D eigenvalue weighted by Crippen LogP contribution is -2.64. The van der Waals surface area contributed by atoms with Crippen LogP contribution in [0.15, 0.2) is 85.1 Å². The third kappa shape index (κ3) is 20.9. The fourth-order valence-electron chi connectivity index (χ4n) is 8.22. The predicted molar refractivity (Wildman–Crippen MR) is 255 cm³/mol. The summed E-state index contributed by atoms with van der Waals surface area (Å²) in [4.78, 5) is 25.6. The van der Waals surface area contributed by atoms with E-state index in [1.54, 1.807) is 75.5 Å². The molecule has 3 aliphatic rings. The average Bonchev–Trinajstić information content (AvgIpc) is 3.28. The van der Waals surface area contributed by atoms with Gasteiger partial charge in [-0.3, -0.25) is 4.79 Å². The Morgan fingerprint density at radius 2 is 1.30 bits per heavy atom. The molecule has 2 bridgehead atoms. The minimum Gasteiger partial charge on any atom is -0.462 e. The fraction of sp³-hybridized carbons (Fsp3) is 0.673. The summed E-state index contributed by atoms with van der Waals surface area (Å²) in [6.07, 6.45) is 4.85. The Bertz CT molecular complexity index is 1750. The number of hydrogen-bond donors (Lipinski definition) is 14. The van der Waals surface area contributed by atoms with Crippen LogP contribution in [0.3, 0.4) is 0 Å². The van der Waals surface area contributed by atoms with Crippen molar-refractivity contribution in [2.45, 2.75) is 183 Å². The van der Waals surface area contributed by atoms with Crippen molar-refractivity contribution in [1.29, 1.82) is 0 Å². The summed E-state index contributed by atoms with van der Waals surface area (Å²) in [6.45, 7) is 7.01. The number of amides is 2. The molecule has 3 aliphatic heterocycles. The number of allylic oxidation sites excluding steroid dienone is 12. The molecule has 19 atom stereocenters. The highest BCUT2D eigenvalue weighted by atomic mass is 16.7. The highest BCUT2D eigenvalue weighted by molar-refractivity contribution is 5.74. The molecule has 2 saturated heterocycles. The number of cyclic esters (lactones) is 1. The monoisotopic (exact) mass is 981 g/mol. The first-order valence-electron chi connectivity index (χ1n) is 23.9. The van der Waals surface area contributed by atoms with E-state index in [0.717, 1.165) is 0 Å². The Hall–Kier alpha value is -3.68. The molecule has 0 aliphatic carbocycles. The quantitative estimate of drug-likeness (QED) is 0.156. The highest BCUT2D eigenvalue weighted by Gasteiger charge is 2.49. The molecule has 2 fully saturated rings. The van der Waals surface area contributed by atoms with Gasteiger partial charge in [0.1, 0.15) is 12.2 Å². The first-order valence-corrected chi connectivity index (χ1v) is 23.9. The Kier molecular flexibility index (Phi) is 26.1. The summed E-state index contributed by atoms with van der Waals surface area (Å²) in [7, 11) is 0. The minimum absolute atomic E-state index is 0.0965. The van der Waals surface area contributed by atoms with Crippen molar-refractivity contribution in [1.82, 2.24) is 10.6 Å². The van der Waals surface area contributed by atoms with E-state index in [9.17, 15) is 60.7 Å². The van der Waals surface area contributed by atoms with Gasteiger partial charge in [0.15, 0.2) is 12.1 Å². The third-order valence-corrected chi connectivity index (χ3v) is 12.5. The third-order valence-electron chi connectivity index (χ3n) is 12.5. The smallest absolute Gasteiger partial charge is 0.315 e. The molecule has 0 aromatic rings. The number of hydrogen-bond acceptors (Lipinski definition) is 18. The zero-order valence-corrected chi connectivity index (χ0v) is 40.1. The van der Waals surface area contributed by atoms with Crippen LogP contribution in [-0.4, -0.2) is 180 Å². The van der Waals surface area contributed by atoms with E-state index in [1.165, 1.54) is 0 Å². The molecule has 3 rings (SSSR count). The average molecular weight is 981 g/mol. The number of fused-ring (bicyclic) bond motifs is 2. The van der Waals surface area contributed by atoms with Crippen molar-refractivity contribution in [3.8, 4) is 0 Å². The zero-order chi connectivity index (χ0) is 51.3. The van der Waals surface area contributed by atoms with Gasteiger partial charge in [0.05, 0.1) is 85.6 Å². The van der Waals surface area contributed by atoms with Gasteiger partial charge in [-0.1, -0.05) is 98.9 Å². The molecule has 0 aromatic heterocycles. The van der Waals surface area contributed by atoms with Crippen molar-refractivity contribution in [3.63, 3.8) is 0 Å². The molecule has 20 nitrogen and oxygen atoms in total. The second kappa shape index (κ2) is 30.3. The molecule has 0 unspecified atom stereocenters. The standard InChI is InChI=1S/C49H80N4O16/c1-29-17-15-13-11-9-7-5-6-8-10-12-14-16-18-36(68-47-46(63)42(51)45(62)32(4)67-47)26-40-43(53-48(64)52-22-21-50)39(59)28-49(65,69-40)27-35(56)24-38(58)37(57)20-19-33(54)23-34(55)25-41(60)66-31(3)30(2)44(29)61/h5-18,29-40,42-47,54-59,61-63,65H,19-28,50-51H2,1-4H3,(H2,52,53,64)/t29-,30-,31-,32+,33+,34+,35-,36-,37+,38+,39-,40-,42-,43+,44+,45-,46+,47-,49+/m0/s1. The first kappa shape index (κ1) is 59.6. The van der Waals surface area contributed by atoms with E-state index in [2.05, 4.69) is 10.6 Å². The van der Waals surface area contributed by atoms with E-state index in [0.29, 0.717) is 0 Å². The van der Waals surface area contributed by atoms with Gasteiger partial charge in [-0.25, -0.2) is 4.79 Å². The van der Waals surface area contributed by atoms with Crippen molar-refractivity contribution in [2.75, 3.05) is 13.1 Å². The van der Waals surface area contributed by atoms with Gasteiger partial charge >= 0.3 is 12.0 Å². The van der Waals surface area contributed by atoms with Crippen molar-refractivity contribution in [3.05, 3.63) is 85.1 Å². The van der Waals surface area contributed by atoms with Crippen LogP contribution in [-0.2, 0) is 23.7 Å². The van der Waals surface area contributed by atoms with E-state index in [4.69, 9.17) is 30.4 Å². The molecule has 0 spiro atoms. The number of esters is 1. The number of aliphatic hydroxyl groups is 10. The van der Waals surface area contributed by atoms with E-state index in [1.807, 2.05) is 37.3 Å². The molecule has 0 saturated carbocycles. The largest absolute Gasteiger partial charge is 0.462 e. The number of carbonyl (C=O) groups excluding carboxylic acids is 2. The molecule has 392 valence electrons. The lowest BCUT2D eigenvalue weighted by Gasteiger charge is -2.46. The summed E-state index contributed by atoms with van der Waals surface area (Å²) < 4.78 is 23.6. The molecule has 3 heterocycles. The van der Waals surface area contributed by atoms with Crippen LogP contribution in [0.25, 0.3) is 0 Å². The van der Waals surface area contributed by atoms with Gasteiger partial charge in [-0.15, -0.1) is 0 Å². The number of urea groups is 1. The Labute approximate surface area is 405 Å². The zero-order valence-electron chi connectivity index (χ0n) is 40.1. The Morgan fingerprint density at radius 3 is 1.91 bits per heavy atom. The van der Waals surface area contributed by atoms with Crippen LogP contribution in [0.4, 0.5) is 4.79 Å². The Morgan fingerprint density at radius 1 is 0.710 bits per heavy atom. The summed E-state index contributed by atoms with van der Waals surface area (Å²) >= 11 is 0. The molecule has 2 amide bonds. The fourth-order valence-corrected chi connectivity index (χ4v) is 8.22. The predicted octanol–water partition coefficient (Wildman–Crippen LogP) is -0.363. The van der Waals surface area contributed by atoms with E-state index >= 15 is 0 Å². The number of nitrogens with one attached hydrogen (secondary N) is 2. The summed E-state index contributed by atoms with van der Waals surface area (Å²) in [5.74, 6) is -3.71. The molecule has 20 heteroatoms. The maximum atomic E-state index is 12.9. The van der Waals surface area contributed by atoms with Gasteiger partial charge in [-0.05, 0) is 33.1 Å². The molecule has 0 aromatic carbocycles. The molecule has 0 radical (unpaired) electrons. The van der Waals surface area contributed by atoms with Gasteiger partial charge in [0.2, 0.25) is 0 Å². The van der Waals surface area contributed by atoms with E-state index in [-0.39, 0.29) is 44.7 Å². The number of nitrogens with two attached hydrogens (primary N) is 2. The normalized spacial score (nSPS) is 40.2. The van der Waals surface area contributed by atoms with Gasteiger partial charge in [-0.2, -0.15) is 0 Å². The summed E-state index contributed by atoms with van der Waals surface area (Å²) in [5.41, 5.74) is 11.6. The van der Waals surface area contributed by atoms with E-state index < -0.39 is 147 Å². The molecule has 69 heavy (non-hydrogen) atoms. The van der Waals surface area contributed by atoms with Crippen molar-refractivity contribution >= 4 is 12.0 Å². The minimum atomic E-state index is -2.26. The van der Waals surface area contributed by atoms with Gasteiger partial charge in [0.25, 0.3) is 0 Å². The van der Waals surface area contributed by atoms with Crippen LogP contribution in [0.1, 0.15) is 79.1 Å². The van der Waals surface area contributed by atoms with Crippen LogP contribution in [0.5, 0.6) is 0 Å². The van der Waals surface area contributed by atoms with Gasteiger partial charge < -0.3 is 92.1 Å². The van der Waals surface area contributed by atoms with Crippen LogP contribution in [0.2, 0.25) is 0 Å². The number of carbonyl (C=O) groups is 2. The summed E-state index contributed by atoms with van der Waals surface area (Å²) in [6, 6.07) is -3.01. The maximum absolute atomic E-state index is 12.9. The second-order valence-corrected chi connectivity index (χ2v) is 18.4. The highest BCUT2D eigenvalue weighted by Crippen LogP contribution is 2.35. The SMILES string of the molecule is C[C@@H]1[C@H](O)[C@@H](C)C=CC=CC=CC=CC=CC=CC=C[C@H](O[C@@H]2O[C@H](C)[C@H](O)[C@H](N)[C@H]2O)C[C@@H]2O[C@](O)(C[C@@H](O)C[C@@H](O)[C@H](O)CC[C@@H](O)C[C@@H](O)CC(=O)O[C@H]1C)C[C@H](O)[C@H]2NC(=O)NCCN. The molecular formula is C49H80N4O16. The molecule has 16 N–H and O–H groups in total. The van der Waals surface area contributed by atoms with Crippen LogP contribution in [0, 0.1) is 11.8 Å². The van der Waals surface area contributed by atoms with Crippen LogP contribution >= 0.6 is 0 Å². The number of ether oxygens (including phenoxy) is 4. The Balaban J connectivity index is 1.91. The molecular weight excluding hydrogens is 901 g/mol.